The zero-order valence-corrected chi connectivity index (χ0v) is 64.1. The maximum Gasteiger partial charge on any atom is 0.259 e. The number of hydrogen-bond donors (Lipinski definition) is 4. The lowest BCUT2D eigenvalue weighted by molar-refractivity contribution is 0.101. The SMILES string of the molecule is CS(=O)(=O)c1ccc(C(=O)Nc2ccc(Cl)c(-c3ccccn3)c2)cn1.Cc1c(C(=O)Nc2ccc(Cl)c(-c3ccccn3)c2)cnn1-c1ccc(F)cc1.Cc1cc(S(C)(=O)=O)ccc1C(=O)Nc1ccc(Cl)c(-c2ccccn2)c1.Cc1ncc(C(=O)Nc2ccc(Cl)c(-c3ccccn3)c2)c(-c2ccccc2)n1. The highest BCUT2D eigenvalue weighted by Gasteiger charge is 2.21. The van der Waals surface area contributed by atoms with E-state index in [1.54, 1.807) is 147 Å². The Morgan fingerprint density at radius 3 is 1.22 bits per heavy atom. The van der Waals surface area contributed by atoms with E-state index in [9.17, 15) is 40.4 Å². The van der Waals surface area contributed by atoms with Crippen LogP contribution < -0.4 is 21.3 Å². The fourth-order valence-electron chi connectivity index (χ4n) is 10.9. The Balaban J connectivity index is 0.000000147. The molecule has 0 atom stereocenters. The Morgan fingerprint density at radius 2 is 0.820 bits per heavy atom. The first-order valence-corrected chi connectivity index (χ1v) is 38.8. The molecule has 21 nitrogen and oxygen atoms in total. The summed E-state index contributed by atoms with van der Waals surface area (Å²) in [6, 6.07) is 65.5. The Labute approximate surface area is 658 Å². The van der Waals surface area contributed by atoms with Gasteiger partial charge in [-0.3, -0.25) is 39.1 Å². The van der Waals surface area contributed by atoms with Crippen LogP contribution in [0, 0.1) is 26.6 Å². The molecular weight excluding hydrogens is 1530 g/mol. The van der Waals surface area contributed by atoms with Crippen LogP contribution in [0.15, 0.2) is 284 Å². The minimum absolute atomic E-state index is 0.0852. The molecule has 0 bridgehead atoms. The Kier molecular flexibility index (Phi) is 25.9. The largest absolute Gasteiger partial charge is 0.322 e. The Morgan fingerprint density at radius 1 is 0.396 bits per heavy atom. The molecule has 7 heterocycles. The van der Waals surface area contributed by atoms with Gasteiger partial charge in [-0.25, -0.2) is 40.9 Å². The second kappa shape index (κ2) is 36.1. The van der Waals surface area contributed by atoms with Gasteiger partial charge in [-0.1, -0.05) is 101 Å². The topological polar surface area (TPSA) is 293 Å². The van der Waals surface area contributed by atoms with Gasteiger partial charge in [0.15, 0.2) is 24.7 Å². The summed E-state index contributed by atoms with van der Waals surface area (Å²) in [5, 5.41) is 17.7. The number of amides is 4. The van der Waals surface area contributed by atoms with Crippen molar-refractivity contribution < 1.29 is 40.4 Å². The van der Waals surface area contributed by atoms with Crippen LogP contribution in [-0.2, 0) is 19.7 Å². The van der Waals surface area contributed by atoms with Crippen molar-refractivity contribution in [2.75, 3.05) is 33.8 Å². The molecule has 7 aromatic carbocycles. The van der Waals surface area contributed by atoms with Crippen LogP contribution in [0.4, 0.5) is 27.1 Å². The number of carbonyl (C=O) groups is 4. The van der Waals surface area contributed by atoms with E-state index < -0.39 is 25.6 Å². The minimum atomic E-state index is -3.41. The second-order valence-electron chi connectivity index (χ2n) is 24.4. The van der Waals surface area contributed by atoms with Gasteiger partial charge in [0.2, 0.25) is 0 Å². The molecule has 14 aromatic rings. The Bertz CT molecular complexity index is 5970. The van der Waals surface area contributed by atoms with Gasteiger partial charge in [0, 0.05) is 106 Å². The zero-order chi connectivity index (χ0) is 78.9. The third kappa shape index (κ3) is 20.8. The number of pyridine rings is 5. The van der Waals surface area contributed by atoms with E-state index >= 15 is 0 Å². The first kappa shape index (κ1) is 79.5. The maximum absolute atomic E-state index is 13.2. The molecule has 0 unspecified atom stereocenters. The number of benzene rings is 7. The van der Waals surface area contributed by atoms with Gasteiger partial charge in [0.25, 0.3) is 23.6 Å². The number of carbonyl (C=O) groups excluding carboxylic acids is 4. The van der Waals surface area contributed by atoms with Crippen molar-refractivity contribution >= 4 is 112 Å². The molecule has 4 amide bonds. The number of sulfone groups is 2. The number of hydrogen-bond acceptors (Lipinski definition) is 16. The molecule has 0 aliphatic carbocycles. The van der Waals surface area contributed by atoms with Crippen molar-refractivity contribution in [2.45, 2.75) is 30.7 Å². The van der Waals surface area contributed by atoms with Crippen molar-refractivity contribution in [1.29, 1.82) is 0 Å². The summed E-state index contributed by atoms with van der Waals surface area (Å²) in [6.07, 6.45) is 13.2. The number of aryl methyl sites for hydroxylation is 2. The lowest BCUT2D eigenvalue weighted by Gasteiger charge is -2.12. The summed E-state index contributed by atoms with van der Waals surface area (Å²) >= 11 is 25.1. The average Bonchev–Trinajstić information content (AvgIpc) is 1.73. The average molecular weight is 1600 g/mol. The highest BCUT2D eigenvalue weighted by Crippen LogP contribution is 2.35. The van der Waals surface area contributed by atoms with E-state index in [0.29, 0.717) is 116 Å². The van der Waals surface area contributed by atoms with E-state index in [1.165, 1.54) is 54.9 Å². The first-order valence-electron chi connectivity index (χ1n) is 33.5. The number of aromatic nitrogens is 9. The molecule has 0 aliphatic heterocycles. The highest BCUT2D eigenvalue weighted by atomic mass is 35.5. The van der Waals surface area contributed by atoms with E-state index in [-0.39, 0.29) is 39.0 Å². The predicted molar refractivity (Wildman–Crippen MR) is 433 cm³/mol. The van der Waals surface area contributed by atoms with Crippen molar-refractivity contribution in [2.24, 2.45) is 0 Å². The molecule has 0 radical (unpaired) electrons. The van der Waals surface area contributed by atoms with Crippen molar-refractivity contribution in [3.8, 4) is 62.0 Å². The molecule has 0 saturated carbocycles. The van der Waals surface area contributed by atoms with Crippen LogP contribution >= 0.6 is 46.4 Å². The van der Waals surface area contributed by atoms with Gasteiger partial charge in [-0.2, -0.15) is 5.10 Å². The van der Waals surface area contributed by atoms with Crippen molar-refractivity contribution in [3.63, 3.8) is 0 Å². The Hall–Kier alpha value is -12.6. The summed E-state index contributed by atoms with van der Waals surface area (Å²) in [7, 11) is -6.73. The molecule has 4 N–H and O–H groups in total. The first-order chi connectivity index (χ1) is 53.2. The molecule has 28 heteroatoms. The lowest BCUT2D eigenvalue weighted by Crippen LogP contribution is -2.15. The van der Waals surface area contributed by atoms with Gasteiger partial charge < -0.3 is 21.3 Å². The number of rotatable bonds is 16. The van der Waals surface area contributed by atoms with Crippen molar-refractivity contribution in [1.82, 2.24) is 44.7 Å². The van der Waals surface area contributed by atoms with E-state index in [4.69, 9.17) is 46.4 Å². The predicted octanol–water partition coefficient (Wildman–Crippen LogP) is 18.5. The fraction of sp³-hybridized carbons (Fsp3) is 0.0602. The summed E-state index contributed by atoms with van der Waals surface area (Å²) in [5.74, 6) is -1.07. The molecule has 0 spiro atoms. The van der Waals surface area contributed by atoms with E-state index in [2.05, 4.69) is 61.3 Å². The van der Waals surface area contributed by atoms with E-state index in [1.807, 2.05) is 97.1 Å². The summed E-state index contributed by atoms with van der Waals surface area (Å²) in [5.41, 5.74) is 12.8. The van der Waals surface area contributed by atoms with Gasteiger partial charge in [0.1, 0.15) is 11.6 Å². The molecule has 0 aliphatic rings. The lowest BCUT2D eigenvalue weighted by atomic mass is 10.1. The number of nitrogens with zero attached hydrogens (tertiary/aromatic N) is 9. The van der Waals surface area contributed by atoms with Gasteiger partial charge in [-0.15, -0.1) is 0 Å². The monoisotopic (exact) mass is 1590 g/mol. The minimum Gasteiger partial charge on any atom is -0.322 e. The summed E-state index contributed by atoms with van der Waals surface area (Å²) < 4.78 is 60.9. The third-order valence-electron chi connectivity index (χ3n) is 16.4. The van der Waals surface area contributed by atoms with Crippen LogP contribution in [0.25, 0.3) is 62.0 Å². The summed E-state index contributed by atoms with van der Waals surface area (Å²) in [6.45, 7) is 5.28. The smallest absolute Gasteiger partial charge is 0.259 e. The number of anilines is 4. The molecule has 0 fully saturated rings. The molecule has 14 rings (SSSR count). The zero-order valence-electron chi connectivity index (χ0n) is 59.5. The van der Waals surface area contributed by atoms with Crippen LogP contribution in [0.1, 0.15) is 58.5 Å². The molecule has 111 heavy (non-hydrogen) atoms. The fourth-order valence-corrected chi connectivity index (χ4v) is 13.0. The molecule has 0 saturated heterocycles. The quantitative estimate of drug-likeness (QED) is 0.0699. The number of nitrogens with one attached hydrogen (secondary N) is 4. The summed E-state index contributed by atoms with van der Waals surface area (Å²) in [4.78, 5) is 80.6. The second-order valence-corrected chi connectivity index (χ2v) is 30.0. The molecular formula is C83H64Cl4FN13O8S2. The van der Waals surface area contributed by atoms with Gasteiger partial charge >= 0.3 is 0 Å². The normalized spacial score (nSPS) is 10.9. The van der Waals surface area contributed by atoms with E-state index in [0.717, 1.165) is 34.9 Å². The van der Waals surface area contributed by atoms with Gasteiger partial charge in [0.05, 0.1) is 87.7 Å². The maximum atomic E-state index is 13.2. The van der Waals surface area contributed by atoms with Crippen LogP contribution in [-0.4, -0.2) is 97.6 Å². The number of halogens is 5. The third-order valence-corrected chi connectivity index (χ3v) is 19.9. The highest BCUT2D eigenvalue weighted by molar-refractivity contribution is 7.91. The van der Waals surface area contributed by atoms with Crippen molar-refractivity contribution in [3.05, 3.63) is 339 Å². The standard InChI is InChI=1S/C23H17ClN4O.C22H16ClFN4O.C20H17ClN2O3S.C18H14ClN3O3S/c1-15-26-14-19(22(27-15)16-7-3-2-4-8-16)23(29)28-17-10-11-20(24)18(13-17)21-9-5-6-12-25-21;1-14-19(13-26-28(14)17-8-5-15(24)6-9-17)22(29)27-16-7-10-20(23)18(12-16)21-4-2-3-11-25-21;1-13-11-15(27(2,25)26)7-8-16(13)20(24)23-14-6-9-18(21)17(12-14)19-5-3-4-10-22-19;1-26(24,25)17-8-5-12(11-21-17)18(23)22-13-6-7-15(19)14(10-13)16-4-2-3-9-20-16/h2-14H,1H3,(H,28,29);2-13H,1H3,(H,27,29);3-12H,1-2H3,(H,23,24);2-11H,1H3,(H,22,23). The van der Waals surface area contributed by atoms with Crippen LogP contribution in [0.3, 0.4) is 0 Å². The van der Waals surface area contributed by atoms with Crippen LogP contribution in [0.2, 0.25) is 20.1 Å². The molecule has 556 valence electrons. The van der Waals surface area contributed by atoms with Crippen LogP contribution in [0.5, 0.6) is 0 Å². The van der Waals surface area contributed by atoms with Gasteiger partial charge in [-0.05, 0) is 202 Å². The molecule has 7 aromatic heterocycles.